The van der Waals surface area contributed by atoms with Crippen molar-refractivity contribution in [1.82, 2.24) is 19.5 Å². The summed E-state index contributed by atoms with van der Waals surface area (Å²) in [6.45, 7) is 2.52. The minimum atomic E-state index is -0.527. The van der Waals surface area contributed by atoms with E-state index in [1.165, 1.54) is 18.6 Å². The van der Waals surface area contributed by atoms with Crippen molar-refractivity contribution in [1.29, 1.82) is 0 Å². The lowest BCUT2D eigenvalue weighted by Crippen LogP contribution is -2.27. The van der Waals surface area contributed by atoms with E-state index in [1.54, 1.807) is 29.9 Å². The van der Waals surface area contributed by atoms with Crippen molar-refractivity contribution < 1.29 is 9.47 Å². The van der Waals surface area contributed by atoms with Gasteiger partial charge in [-0.3, -0.25) is 14.2 Å². The van der Waals surface area contributed by atoms with Crippen LogP contribution < -0.4 is 21.0 Å². The molecule has 0 amide bonds. The van der Waals surface area contributed by atoms with Gasteiger partial charge in [0.05, 0.1) is 28.8 Å². The number of aromatic amines is 1. The fourth-order valence-corrected chi connectivity index (χ4v) is 4.76. The number of anilines is 1. The third kappa shape index (κ3) is 4.54. The summed E-state index contributed by atoms with van der Waals surface area (Å²) >= 11 is 7.03. The number of hydrogen-bond acceptors (Lipinski definition) is 7. The number of benzene rings is 2. The highest BCUT2D eigenvalue weighted by atomic mass is 35.5. The molecule has 3 heterocycles. The molecule has 1 atom stereocenters. The van der Waals surface area contributed by atoms with E-state index in [4.69, 9.17) is 21.1 Å². The van der Waals surface area contributed by atoms with Gasteiger partial charge in [-0.05, 0) is 25.1 Å². The first-order valence-corrected chi connectivity index (χ1v) is 12.0. The van der Waals surface area contributed by atoms with Gasteiger partial charge in [0.2, 0.25) is 0 Å². The lowest BCUT2D eigenvalue weighted by molar-refractivity contribution is 0.147. The zero-order valence-electron chi connectivity index (χ0n) is 20.2. The molecule has 0 aliphatic heterocycles. The number of para-hydroxylation sites is 1. The summed E-state index contributed by atoms with van der Waals surface area (Å²) in [4.78, 5) is 38.1. The molecule has 0 bridgehead atoms. The number of rotatable bonds is 8. The number of aromatic nitrogens is 4. The number of ether oxygens (including phenoxy) is 2. The molecule has 5 rings (SSSR count). The first-order chi connectivity index (χ1) is 18.0. The lowest BCUT2D eigenvalue weighted by Gasteiger charge is -2.24. The van der Waals surface area contributed by atoms with Crippen LogP contribution in [0, 0.1) is 0 Å². The minimum absolute atomic E-state index is 0.230. The molecule has 0 fully saturated rings. The van der Waals surface area contributed by atoms with Crippen molar-refractivity contribution in [3.05, 3.63) is 98.4 Å². The molecule has 37 heavy (non-hydrogen) atoms. The van der Waals surface area contributed by atoms with Gasteiger partial charge in [-0.2, -0.15) is 0 Å². The van der Waals surface area contributed by atoms with Gasteiger partial charge in [-0.25, -0.2) is 9.97 Å². The number of pyridine rings is 2. The molecule has 10 heteroatoms. The van der Waals surface area contributed by atoms with E-state index in [1.807, 2.05) is 37.3 Å². The van der Waals surface area contributed by atoms with Crippen molar-refractivity contribution in [2.75, 3.05) is 25.6 Å². The smallest absolute Gasteiger partial charge is 0.267 e. The SMILES string of the molecule is COCCOc1cccc2c(Cl)c([C@H](C)Nc3ncnc4[nH]ccc(=O)c34)n(-c3ccccc3)c(=O)c12. The normalized spacial score (nSPS) is 12.1. The molecule has 3 aromatic heterocycles. The third-order valence-corrected chi connectivity index (χ3v) is 6.41. The Kier molecular flexibility index (Phi) is 6.89. The van der Waals surface area contributed by atoms with Crippen LogP contribution in [0.1, 0.15) is 18.7 Å². The van der Waals surface area contributed by atoms with Crippen LogP contribution in [0.25, 0.3) is 27.5 Å². The van der Waals surface area contributed by atoms with Gasteiger partial charge in [-0.15, -0.1) is 0 Å². The number of fused-ring (bicyclic) bond motifs is 2. The molecule has 188 valence electrons. The summed E-state index contributed by atoms with van der Waals surface area (Å²) in [5, 5.41) is 4.90. The molecule has 9 nitrogen and oxygen atoms in total. The zero-order chi connectivity index (χ0) is 25.9. The van der Waals surface area contributed by atoms with E-state index in [2.05, 4.69) is 20.3 Å². The molecule has 2 N–H and O–H groups in total. The van der Waals surface area contributed by atoms with Gasteiger partial charge < -0.3 is 19.8 Å². The van der Waals surface area contributed by atoms with Gasteiger partial charge in [0.1, 0.15) is 35.5 Å². The number of hydrogen-bond donors (Lipinski definition) is 2. The lowest BCUT2D eigenvalue weighted by atomic mass is 10.1. The number of methoxy groups -OCH3 is 1. The van der Waals surface area contributed by atoms with Gasteiger partial charge in [-0.1, -0.05) is 41.9 Å². The molecule has 0 spiro atoms. The third-order valence-electron chi connectivity index (χ3n) is 6.02. The maximum Gasteiger partial charge on any atom is 0.267 e. The highest BCUT2D eigenvalue weighted by Crippen LogP contribution is 2.35. The molecule has 0 aliphatic rings. The Labute approximate surface area is 216 Å². The van der Waals surface area contributed by atoms with E-state index in [9.17, 15) is 9.59 Å². The second-order valence-corrected chi connectivity index (χ2v) is 8.73. The topological polar surface area (TPSA) is 111 Å². The Bertz CT molecular complexity index is 1700. The van der Waals surface area contributed by atoms with Crippen LogP contribution in [0.4, 0.5) is 5.82 Å². The summed E-state index contributed by atoms with van der Waals surface area (Å²) < 4.78 is 12.5. The van der Waals surface area contributed by atoms with Gasteiger partial charge in [0.25, 0.3) is 5.56 Å². The quantitative estimate of drug-likeness (QED) is 0.292. The standard InChI is InChI=1S/C27H24ClN5O4/c1-16(32-26-22-19(34)11-12-29-25(22)30-15-31-26)24-23(28)18-9-6-10-20(37-14-13-36-2)21(18)27(35)33(24)17-7-4-3-5-8-17/h3-12,15-16H,13-14H2,1-2H3,(H2,29,30,31,32,34)/t16-/m0/s1. The minimum Gasteiger partial charge on any atom is -0.490 e. The number of nitrogens with zero attached hydrogens (tertiary/aromatic N) is 3. The van der Waals surface area contributed by atoms with Crippen LogP contribution in [-0.2, 0) is 4.74 Å². The average Bonchev–Trinajstić information content (AvgIpc) is 2.91. The largest absolute Gasteiger partial charge is 0.490 e. The van der Waals surface area contributed by atoms with E-state index >= 15 is 0 Å². The van der Waals surface area contributed by atoms with Gasteiger partial charge >= 0.3 is 0 Å². The van der Waals surface area contributed by atoms with E-state index in [0.717, 1.165) is 0 Å². The first kappa shape index (κ1) is 24.5. The molecule has 0 unspecified atom stereocenters. The Hall–Kier alpha value is -4.21. The zero-order valence-corrected chi connectivity index (χ0v) is 21.0. The van der Waals surface area contributed by atoms with Crippen LogP contribution in [0.3, 0.4) is 0 Å². The van der Waals surface area contributed by atoms with Crippen LogP contribution in [0.5, 0.6) is 5.75 Å². The average molecular weight is 518 g/mol. The molecule has 5 aromatic rings. The molecular weight excluding hydrogens is 494 g/mol. The second-order valence-electron chi connectivity index (χ2n) is 8.35. The van der Waals surface area contributed by atoms with Crippen LogP contribution >= 0.6 is 11.6 Å². The first-order valence-electron chi connectivity index (χ1n) is 11.6. The van der Waals surface area contributed by atoms with Crippen LogP contribution in [0.15, 0.2) is 76.7 Å². The number of nitrogens with one attached hydrogen (secondary N) is 2. The van der Waals surface area contributed by atoms with E-state index in [0.29, 0.717) is 56.4 Å². The molecule has 0 saturated carbocycles. The summed E-state index contributed by atoms with van der Waals surface area (Å²) in [5.74, 6) is 0.755. The molecular formula is C27H24ClN5O4. The molecule has 0 saturated heterocycles. The highest BCUT2D eigenvalue weighted by Gasteiger charge is 2.24. The van der Waals surface area contributed by atoms with Crippen molar-refractivity contribution in [2.45, 2.75) is 13.0 Å². The van der Waals surface area contributed by atoms with Crippen LogP contribution in [0.2, 0.25) is 5.02 Å². The highest BCUT2D eigenvalue weighted by molar-refractivity contribution is 6.36. The van der Waals surface area contributed by atoms with Crippen LogP contribution in [-0.4, -0.2) is 39.8 Å². The maximum absolute atomic E-state index is 14.1. The number of halogens is 1. The Morgan fingerprint density at radius 3 is 2.62 bits per heavy atom. The predicted octanol–water partition coefficient (Wildman–Crippen LogP) is 4.47. The Morgan fingerprint density at radius 1 is 1.03 bits per heavy atom. The predicted molar refractivity (Wildman–Crippen MR) is 144 cm³/mol. The van der Waals surface area contributed by atoms with Gasteiger partial charge in [0, 0.05) is 30.4 Å². The van der Waals surface area contributed by atoms with Gasteiger partial charge in [0.15, 0.2) is 5.43 Å². The van der Waals surface area contributed by atoms with E-state index < -0.39 is 6.04 Å². The van der Waals surface area contributed by atoms with Crippen molar-refractivity contribution in [3.8, 4) is 11.4 Å². The molecule has 2 aromatic carbocycles. The monoisotopic (exact) mass is 517 g/mol. The fourth-order valence-electron chi connectivity index (χ4n) is 4.36. The summed E-state index contributed by atoms with van der Waals surface area (Å²) in [6, 6.07) is 15.4. The number of H-pyrrole nitrogens is 1. The maximum atomic E-state index is 14.1. The molecule has 0 radical (unpaired) electrons. The van der Waals surface area contributed by atoms with Crippen molar-refractivity contribution >= 4 is 39.2 Å². The second kappa shape index (κ2) is 10.4. The van der Waals surface area contributed by atoms with Crippen molar-refractivity contribution in [3.63, 3.8) is 0 Å². The van der Waals surface area contributed by atoms with E-state index in [-0.39, 0.29) is 17.6 Å². The summed E-state index contributed by atoms with van der Waals surface area (Å²) in [7, 11) is 1.58. The summed E-state index contributed by atoms with van der Waals surface area (Å²) in [6.07, 6.45) is 2.90. The Morgan fingerprint density at radius 2 is 1.84 bits per heavy atom. The molecule has 0 aliphatic carbocycles. The Balaban J connectivity index is 1.72. The fraction of sp³-hybridized carbons (Fsp3) is 0.185. The van der Waals surface area contributed by atoms with Crippen molar-refractivity contribution in [2.24, 2.45) is 0 Å². The summed E-state index contributed by atoms with van der Waals surface area (Å²) in [5.41, 5.74) is 1.04.